The fourth-order valence-electron chi connectivity index (χ4n) is 3.42. The Labute approximate surface area is 154 Å². The number of anilines is 1. The highest BCUT2D eigenvalue weighted by Gasteiger charge is 2.33. The van der Waals surface area contributed by atoms with Crippen molar-refractivity contribution in [3.63, 3.8) is 0 Å². The van der Waals surface area contributed by atoms with Crippen LogP contribution in [0.2, 0.25) is 5.02 Å². The van der Waals surface area contributed by atoms with E-state index in [0.29, 0.717) is 13.0 Å². The van der Waals surface area contributed by atoms with E-state index >= 15 is 0 Å². The van der Waals surface area contributed by atoms with Crippen LogP contribution in [0.3, 0.4) is 0 Å². The first kappa shape index (κ1) is 18.5. The number of hydrogen-bond donors (Lipinski definition) is 0. The van der Waals surface area contributed by atoms with E-state index in [1.54, 1.807) is 11.9 Å². The van der Waals surface area contributed by atoms with Crippen molar-refractivity contribution in [3.8, 4) is 0 Å². The minimum absolute atomic E-state index is 0.00157. The normalized spacial score (nSPS) is 23.6. The standard InChI is InChI=1S/C17H24ClN3O3S/c1-19(16-5-10-25(23,24)13-16)17(22)12-20-6-8-21(9-7-20)15-4-2-3-14(18)11-15/h2-4,11,16H,5-10,12-13H2,1H3. The molecule has 1 aromatic carbocycles. The van der Waals surface area contributed by atoms with E-state index < -0.39 is 9.84 Å². The Morgan fingerprint density at radius 1 is 1.28 bits per heavy atom. The van der Waals surface area contributed by atoms with Crippen molar-refractivity contribution in [1.29, 1.82) is 0 Å². The summed E-state index contributed by atoms with van der Waals surface area (Å²) in [6, 6.07) is 7.62. The van der Waals surface area contributed by atoms with Gasteiger partial charge in [0.15, 0.2) is 9.84 Å². The molecular weight excluding hydrogens is 362 g/mol. The van der Waals surface area contributed by atoms with Crippen molar-refractivity contribution >= 4 is 33.0 Å². The number of carbonyl (C=O) groups is 1. The maximum absolute atomic E-state index is 12.5. The lowest BCUT2D eigenvalue weighted by atomic mass is 10.2. The Kier molecular flexibility index (Phi) is 5.55. The summed E-state index contributed by atoms with van der Waals surface area (Å²) in [5.41, 5.74) is 1.10. The predicted octanol–water partition coefficient (Wildman–Crippen LogP) is 1.11. The van der Waals surface area contributed by atoms with Crippen LogP contribution in [0.15, 0.2) is 24.3 Å². The predicted molar refractivity (Wildman–Crippen MR) is 99.9 cm³/mol. The molecule has 0 aliphatic carbocycles. The Bertz CT molecular complexity index is 732. The third-order valence-electron chi connectivity index (χ3n) is 5.05. The van der Waals surface area contributed by atoms with E-state index in [2.05, 4.69) is 9.80 Å². The second-order valence-corrected chi connectivity index (χ2v) is 9.47. The quantitative estimate of drug-likeness (QED) is 0.777. The highest BCUT2D eigenvalue weighted by molar-refractivity contribution is 7.91. The Balaban J connectivity index is 1.49. The van der Waals surface area contributed by atoms with Gasteiger partial charge in [-0.25, -0.2) is 8.42 Å². The molecular formula is C17H24ClN3O3S. The van der Waals surface area contributed by atoms with Crippen LogP contribution in [-0.4, -0.2) is 81.4 Å². The maximum atomic E-state index is 12.5. The van der Waals surface area contributed by atoms with Crippen LogP contribution in [0, 0.1) is 0 Å². The van der Waals surface area contributed by atoms with E-state index in [0.717, 1.165) is 36.9 Å². The van der Waals surface area contributed by atoms with Gasteiger partial charge in [0, 0.05) is 50.0 Å². The first-order valence-corrected chi connectivity index (χ1v) is 10.7. The molecule has 2 saturated heterocycles. The molecule has 138 valence electrons. The van der Waals surface area contributed by atoms with E-state index in [1.165, 1.54) is 0 Å². The molecule has 1 aromatic rings. The van der Waals surface area contributed by atoms with Crippen LogP contribution in [-0.2, 0) is 14.6 Å². The molecule has 1 amide bonds. The molecule has 0 bridgehead atoms. The fraction of sp³-hybridized carbons (Fsp3) is 0.588. The zero-order valence-corrected chi connectivity index (χ0v) is 16.0. The van der Waals surface area contributed by atoms with Gasteiger partial charge in [0.05, 0.1) is 18.1 Å². The molecule has 1 unspecified atom stereocenters. The summed E-state index contributed by atoms with van der Waals surface area (Å²) in [5.74, 6) is 0.282. The summed E-state index contributed by atoms with van der Waals surface area (Å²) in [4.78, 5) is 18.5. The molecule has 2 fully saturated rings. The summed E-state index contributed by atoms with van der Waals surface area (Å²) in [6.45, 7) is 3.63. The third kappa shape index (κ3) is 4.65. The third-order valence-corrected chi connectivity index (χ3v) is 7.04. The molecule has 3 rings (SSSR count). The van der Waals surface area contributed by atoms with Gasteiger partial charge in [-0.1, -0.05) is 17.7 Å². The Hall–Kier alpha value is -1.31. The molecule has 8 heteroatoms. The number of piperazine rings is 1. The number of benzene rings is 1. The van der Waals surface area contributed by atoms with Crippen molar-refractivity contribution in [1.82, 2.24) is 9.80 Å². The lowest BCUT2D eigenvalue weighted by molar-refractivity contribution is -0.132. The van der Waals surface area contributed by atoms with Gasteiger partial charge in [0.2, 0.25) is 5.91 Å². The molecule has 0 saturated carbocycles. The van der Waals surface area contributed by atoms with Gasteiger partial charge in [-0.3, -0.25) is 9.69 Å². The summed E-state index contributed by atoms with van der Waals surface area (Å²) in [5, 5.41) is 0.725. The van der Waals surface area contributed by atoms with Gasteiger partial charge in [0.1, 0.15) is 0 Å². The second-order valence-electron chi connectivity index (χ2n) is 6.80. The van der Waals surface area contributed by atoms with Gasteiger partial charge < -0.3 is 9.80 Å². The van der Waals surface area contributed by atoms with E-state index in [-0.39, 0.29) is 23.5 Å². The highest BCUT2D eigenvalue weighted by atomic mass is 35.5. The summed E-state index contributed by atoms with van der Waals surface area (Å²) in [6.07, 6.45) is 0.549. The highest BCUT2D eigenvalue weighted by Crippen LogP contribution is 2.21. The number of amides is 1. The monoisotopic (exact) mass is 385 g/mol. The number of halogens is 1. The molecule has 0 N–H and O–H groups in total. The number of sulfone groups is 1. The van der Waals surface area contributed by atoms with Gasteiger partial charge in [-0.2, -0.15) is 0 Å². The van der Waals surface area contributed by atoms with Crippen LogP contribution in [0.1, 0.15) is 6.42 Å². The number of hydrogen-bond acceptors (Lipinski definition) is 5. The Morgan fingerprint density at radius 2 is 2.00 bits per heavy atom. The largest absolute Gasteiger partial charge is 0.369 e. The van der Waals surface area contributed by atoms with Gasteiger partial charge in [0.25, 0.3) is 0 Å². The van der Waals surface area contributed by atoms with Gasteiger partial charge in [-0.05, 0) is 24.6 Å². The number of rotatable bonds is 4. The van der Waals surface area contributed by atoms with Crippen LogP contribution < -0.4 is 4.90 Å². The lowest BCUT2D eigenvalue weighted by Gasteiger charge is -2.36. The molecule has 0 aromatic heterocycles. The summed E-state index contributed by atoms with van der Waals surface area (Å²) < 4.78 is 23.2. The number of likely N-dealkylation sites (N-methyl/N-ethyl adjacent to an activating group) is 1. The first-order chi connectivity index (χ1) is 11.8. The smallest absolute Gasteiger partial charge is 0.236 e. The van der Waals surface area contributed by atoms with Gasteiger partial charge in [-0.15, -0.1) is 0 Å². The van der Waals surface area contributed by atoms with Crippen LogP contribution >= 0.6 is 11.6 Å². The number of carbonyl (C=O) groups excluding carboxylic acids is 1. The van der Waals surface area contributed by atoms with E-state index in [1.807, 2.05) is 24.3 Å². The molecule has 25 heavy (non-hydrogen) atoms. The molecule has 0 radical (unpaired) electrons. The van der Waals surface area contributed by atoms with Crippen LogP contribution in [0.25, 0.3) is 0 Å². The minimum Gasteiger partial charge on any atom is -0.369 e. The van der Waals surface area contributed by atoms with E-state index in [9.17, 15) is 13.2 Å². The molecule has 2 heterocycles. The average Bonchev–Trinajstić information content (AvgIpc) is 2.94. The molecule has 1 atom stereocenters. The van der Waals surface area contributed by atoms with Crippen molar-refractivity contribution < 1.29 is 13.2 Å². The fourth-order valence-corrected chi connectivity index (χ4v) is 5.38. The molecule has 0 spiro atoms. The van der Waals surface area contributed by atoms with Crippen molar-refractivity contribution in [2.75, 3.05) is 56.2 Å². The number of nitrogens with zero attached hydrogens (tertiary/aromatic N) is 3. The SMILES string of the molecule is CN(C(=O)CN1CCN(c2cccc(Cl)c2)CC1)C1CCS(=O)(=O)C1. The molecule has 2 aliphatic rings. The van der Waals surface area contributed by atoms with Gasteiger partial charge >= 0.3 is 0 Å². The summed E-state index contributed by atoms with van der Waals surface area (Å²) >= 11 is 6.05. The Morgan fingerprint density at radius 3 is 2.60 bits per heavy atom. The van der Waals surface area contributed by atoms with Crippen LogP contribution in [0.5, 0.6) is 0 Å². The zero-order valence-electron chi connectivity index (χ0n) is 14.4. The second kappa shape index (κ2) is 7.51. The maximum Gasteiger partial charge on any atom is 0.236 e. The molecule has 2 aliphatic heterocycles. The van der Waals surface area contributed by atoms with Crippen LogP contribution in [0.4, 0.5) is 5.69 Å². The molecule has 6 nitrogen and oxygen atoms in total. The van der Waals surface area contributed by atoms with Crippen molar-refractivity contribution in [3.05, 3.63) is 29.3 Å². The minimum atomic E-state index is -2.97. The zero-order chi connectivity index (χ0) is 18.0. The lowest BCUT2D eigenvalue weighted by Crippen LogP contribution is -2.51. The van der Waals surface area contributed by atoms with Crippen molar-refractivity contribution in [2.24, 2.45) is 0 Å². The van der Waals surface area contributed by atoms with Crippen molar-refractivity contribution in [2.45, 2.75) is 12.5 Å². The van der Waals surface area contributed by atoms with E-state index in [4.69, 9.17) is 11.6 Å². The first-order valence-electron chi connectivity index (χ1n) is 8.53. The topological polar surface area (TPSA) is 60.9 Å². The summed E-state index contributed by atoms with van der Waals surface area (Å²) in [7, 11) is -1.26. The average molecular weight is 386 g/mol.